The molecule has 9 nitrogen and oxygen atoms in total. The number of carbonyl (C=O) groups excluding carboxylic acids is 1. The maximum Gasteiger partial charge on any atom is 0.253 e. The van der Waals surface area contributed by atoms with E-state index < -0.39 is 0 Å². The predicted molar refractivity (Wildman–Crippen MR) is 119 cm³/mol. The number of hydrogen-bond acceptors (Lipinski definition) is 8. The van der Waals surface area contributed by atoms with Crippen LogP contribution in [0, 0.1) is 13.8 Å². The molecule has 1 aliphatic rings. The highest BCUT2D eigenvalue weighted by molar-refractivity contribution is 7.99. The fourth-order valence-corrected chi connectivity index (χ4v) is 4.35. The predicted octanol–water partition coefficient (Wildman–Crippen LogP) is 3.73. The molecule has 5 rings (SSSR count). The molecule has 3 aromatic heterocycles. The Balaban J connectivity index is 1.27. The number of halogens is 1. The van der Waals surface area contributed by atoms with Crippen molar-refractivity contribution in [3.63, 3.8) is 0 Å². The number of aryl methyl sites for hydroxylation is 2. The minimum atomic E-state index is -0.0188. The molecule has 0 aliphatic heterocycles. The molecule has 1 aliphatic carbocycles. The van der Waals surface area contributed by atoms with Gasteiger partial charge in [-0.15, -0.1) is 15.3 Å². The van der Waals surface area contributed by atoms with Crippen LogP contribution < -0.4 is 0 Å². The van der Waals surface area contributed by atoms with E-state index in [4.69, 9.17) is 16.0 Å². The Kier molecular flexibility index (Phi) is 5.56. The summed E-state index contributed by atoms with van der Waals surface area (Å²) in [6.07, 6.45) is 1.94. The fraction of sp³-hybridized carbons (Fsp3) is 0.333. The van der Waals surface area contributed by atoms with Crippen LogP contribution in [0.2, 0.25) is 5.02 Å². The second-order valence-corrected chi connectivity index (χ2v) is 9.02. The van der Waals surface area contributed by atoms with Gasteiger partial charge in [0.05, 0.1) is 22.9 Å². The van der Waals surface area contributed by atoms with Crippen LogP contribution in [-0.4, -0.2) is 52.4 Å². The summed E-state index contributed by atoms with van der Waals surface area (Å²) in [7, 11) is 0. The monoisotopic (exact) mass is 469 g/mol. The standard InChI is InChI=1S/C21H20ClN7O2S/c1-12-9-13(2)29-20(23-12)24-21(27-29)32-11-18(30)28(14-7-8-14)10-17-25-26-19(31-17)15-5-3-4-6-16(15)22/h3-6,9,14H,7-8,10-11H2,1-2H3. The third-order valence-electron chi connectivity index (χ3n) is 5.11. The van der Waals surface area contributed by atoms with Crippen LogP contribution in [-0.2, 0) is 11.3 Å². The highest BCUT2D eigenvalue weighted by atomic mass is 35.5. The zero-order valence-electron chi connectivity index (χ0n) is 17.5. The first-order chi connectivity index (χ1) is 15.5. The number of nitrogens with zero attached hydrogens (tertiary/aromatic N) is 7. The van der Waals surface area contributed by atoms with Crippen molar-refractivity contribution in [2.45, 2.75) is 44.4 Å². The molecule has 1 saturated carbocycles. The number of benzene rings is 1. The van der Waals surface area contributed by atoms with Gasteiger partial charge < -0.3 is 9.32 Å². The minimum absolute atomic E-state index is 0.0188. The first-order valence-electron chi connectivity index (χ1n) is 10.2. The Labute approximate surface area is 193 Å². The maximum atomic E-state index is 13.0. The summed E-state index contributed by atoms with van der Waals surface area (Å²) in [5.74, 6) is 1.46. The number of thioether (sulfide) groups is 1. The van der Waals surface area contributed by atoms with Crippen molar-refractivity contribution in [2.75, 3.05) is 5.75 Å². The number of rotatable bonds is 7. The quantitative estimate of drug-likeness (QED) is 0.377. The number of hydrogen-bond donors (Lipinski definition) is 0. The van der Waals surface area contributed by atoms with Crippen molar-refractivity contribution in [3.05, 3.63) is 52.6 Å². The van der Waals surface area contributed by atoms with E-state index in [2.05, 4.69) is 25.3 Å². The van der Waals surface area contributed by atoms with E-state index in [9.17, 15) is 4.79 Å². The summed E-state index contributed by atoms with van der Waals surface area (Å²) in [5, 5.41) is 13.7. The van der Waals surface area contributed by atoms with Crippen LogP contribution in [0.5, 0.6) is 0 Å². The zero-order chi connectivity index (χ0) is 22.2. The van der Waals surface area contributed by atoms with Gasteiger partial charge in [-0.05, 0) is 44.9 Å². The van der Waals surface area contributed by atoms with Gasteiger partial charge in [0.2, 0.25) is 22.8 Å². The van der Waals surface area contributed by atoms with Crippen LogP contribution in [0.25, 0.3) is 17.2 Å². The molecule has 0 atom stereocenters. The van der Waals surface area contributed by atoms with Gasteiger partial charge in [-0.3, -0.25) is 4.79 Å². The van der Waals surface area contributed by atoms with E-state index in [1.165, 1.54) is 11.8 Å². The van der Waals surface area contributed by atoms with E-state index in [1.807, 2.05) is 38.1 Å². The Morgan fingerprint density at radius 3 is 2.84 bits per heavy atom. The highest BCUT2D eigenvalue weighted by Gasteiger charge is 2.34. The normalized spacial score (nSPS) is 13.6. The largest absolute Gasteiger partial charge is 0.419 e. The molecule has 3 heterocycles. The molecule has 164 valence electrons. The van der Waals surface area contributed by atoms with Gasteiger partial charge in [-0.1, -0.05) is 35.5 Å². The first-order valence-corrected chi connectivity index (χ1v) is 11.5. The minimum Gasteiger partial charge on any atom is -0.419 e. The summed E-state index contributed by atoms with van der Waals surface area (Å²) in [6.45, 7) is 4.13. The van der Waals surface area contributed by atoms with Crippen molar-refractivity contribution in [1.29, 1.82) is 0 Å². The number of fused-ring (bicyclic) bond motifs is 1. The van der Waals surface area contributed by atoms with Crippen LogP contribution in [0.15, 0.2) is 39.9 Å². The summed E-state index contributed by atoms with van der Waals surface area (Å²) in [6, 6.07) is 9.42. The average molecular weight is 470 g/mol. The Bertz CT molecular complexity index is 1300. The summed E-state index contributed by atoms with van der Waals surface area (Å²) >= 11 is 7.52. The number of amides is 1. The van der Waals surface area contributed by atoms with E-state index >= 15 is 0 Å². The van der Waals surface area contributed by atoms with E-state index in [1.54, 1.807) is 15.5 Å². The number of carbonyl (C=O) groups is 1. The van der Waals surface area contributed by atoms with Gasteiger partial charge >= 0.3 is 0 Å². The SMILES string of the molecule is Cc1cc(C)n2nc(SCC(=O)N(Cc3nnc(-c4ccccc4Cl)o3)C3CC3)nc2n1. The maximum absolute atomic E-state index is 13.0. The second-order valence-electron chi connectivity index (χ2n) is 7.67. The molecule has 0 spiro atoms. The third-order valence-corrected chi connectivity index (χ3v) is 6.26. The lowest BCUT2D eigenvalue weighted by Gasteiger charge is -2.19. The van der Waals surface area contributed by atoms with E-state index in [-0.39, 0.29) is 24.2 Å². The lowest BCUT2D eigenvalue weighted by atomic mass is 10.2. The molecular formula is C21H20ClN7O2S. The molecule has 0 unspecified atom stereocenters. The van der Waals surface area contributed by atoms with Gasteiger partial charge in [-0.2, -0.15) is 4.98 Å². The van der Waals surface area contributed by atoms with Crippen LogP contribution in [0.3, 0.4) is 0 Å². The van der Waals surface area contributed by atoms with Gasteiger partial charge in [-0.25, -0.2) is 9.50 Å². The van der Waals surface area contributed by atoms with Crippen LogP contribution in [0.1, 0.15) is 30.1 Å². The summed E-state index contributed by atoms with van der Waals surface area (Å²) < 4.78 is 7.48. The van der Waals surface area contributed by atoms with Gasteiger partial charge in [0.15, 0.2) is 0 Å². The molecular weight excluding hydrogens is 450 g/mol. The molecule has 0 saturated heterocycles. The van der Waals surface area contributed by atoms with Crippen LogP contribution in [0.4, 0.5) is 0 Å². The van der Waals surface area contributed by atoms with Crippen molar-refractivity contribution < 1.29 is 9.21 Å². The molecule has 1 fully saturated rings. The molecule has 0 bridgehead atoms. The first kappa shape index (κ1) is 20.9. The van der Waals surface area contributed by atoms with Crippen molar-refractivity contribution in [3.8, 4) is 11.5 Å². The topological polar surface area (TPSA) is 102 Å². The molecule has 32 heavy (non-hydrogen) atoms. The van der Waals surface area contributed by atoms with Crippen molar-refractivity contribution in [1.82, 2.24) is 34.7 Å². The molecule has 1 amide bonds. The third kappa shape index (κ3) is 4.33. The number of aromatic nitrogens is 6. The lowest BCUT2D eigenvalue weighted by molar-refractivity contribution is -0.129. The van der Waals surface area contributed by atoms with Crippen LogP contribution >= 0.6 is 23.4 Å². The summed E-state index contributed by atoms with van der Waals surface area (Å²) in [5.41, 5.74) is 2.50. The van der Waals surface area contributed by atoms with Crippen molar-refractivity contribution >= 4 is 35.0 Å². The van der Waals surface area contributed by atoms with E-state index in [0.29, 0.717) is 33.3 Å². The average Bonchev–Trinajstić information content (AvgIpc) is 3.35. The Morgan fingerprint density at radius 1 is 1.25 bits per heavy atom. The smallest absolute Gasteiger partial charge is 0.253 e. The molecule has 11 heteroatoms. The fourth-order valence-electron chi connectivity index (χ4n) is 3.43. The van der Waals surface area contributed by atoms with Gasteiger partial charge in [0.25, 0.3) is 5.78 Å². The Morgan fingerprint density at radius 2 is 2.06 bits per heavy atom. The molecule has 1 aromatic carbocycles. The highest BCUT2D eigenvalue weighted by Crippen LogP contribution is 2.31. The lowest BCUT2D eigenvalue weighted by Crippen LogP contribution is -2.34. The molecule has 0 radical (unpaired) electrons. The summed E-state index contributed by atoms with van der Waals surface area (Å²) in [4.78, 5) is 23.6. The van der Waals surface area contributed by atoms with Crippen molar-refractivity contribution in [2.24, 2.45) is 0 Å². The van der Waals surface area contributed by atoms with E-state index in [0.717, 1.165) is 24.2 Å². The Hall–Kier alpha value is -2.98. The van der Waals surface area contributed by atoms with Gasteiger partial charge in [0.1, 0.15) is 0 Å². The zero-order valence-corrected chi connectivity index (χ0v) is 19.1. The molecule has 0 N–H and O–H groups in total. The van der Waals surface area contributed by atoms with Gasteiger partial charge in [0, 0.05) is 17.4 Å². The molecule has 4 aromatic rings. The second kappa shape index (κ2) is 8.51.